The summed E-state index contributed by atoms with van der Waals surface area (Å²) in [7, 11) is -3.48. The average molecular weight is 395 g/mol. The first-order valence-corrected chi connectivity index (χ1v) is 10.8. The minimum atomic E-state index is -3.48. The highest BCUT2D eigenvalue weighted by Crippen LogP contribution is 2.22. The predicted octanol–water partition coefficient (Wildman–Crippen LogP) is 3.66. The number of nitrogens with zero attached hydrogens (tertiary/aromatic N) is 2. The maximum Gasteiger partial charge on any atom is 0.274 e. The number of piperidine rings is 1. The number of benzene rings is 2. The van der Waals surface area contributed by atoms with Crippen LogP contribution in [-0.2, 0) is 10.0 Å². The smallest absolute Gasteiger partial charge is 0.274 e. The minimum Gasteiger partial charge on any atom is -0.321 e. The molecule has 144 valence electrons. The van der Waals surface area contributed by atoms with E-state index in [-0.39, 0.29) is 10.8 Å². The molecule has 0 bridgehead atoms. The van der Waals surface area contributed by atoms with Gasteiger partial charge in [0.1, 0.15) is 5.69 Å². The van der Waals surface area contributed by atoms with Gasteiger partial charge in [0.2, 0.25) is 10.0 Å². The molecular formula is C21H21N3O3S. The summed E-state index contributed by atoms with van der Waals surface area (Å²) in [6.45, 7) is 1.13. The Kier molecular flexibility index (Phi) is 5.11. The first-order chi connectivity index (χ1) is 13.5. The third-order valence-corrected chi connectivity index (χ3v) is 6.81. The molecule has 1 aromatic heterocycles. The molecule has 7 heteroatoms. The lowest BCUT2D eigenvalue weighted by molar-refractivity contribution is 0.102. The van der Waals surface area contributed by atoms with Gasteiger partial charge in [-0.2, -0.15) is 4.31 Å². The molecule has 1 aliphatic heterocycles. The van der Waals surface area contributed by atoms with Crippen molar-refractivity contribution in [1.82, 2.24) is 9.29 Å². The first-order valence-electron chi connectivity index (χ1n) is 9.31. The van der Waals surface area contributed by atoms with Gasteiger partial charge in [0.15, 0.2) is 0 Å². The summed E-state index contributed by atoms with van der Waals surface area (Å²) < 4.78 is 26.9. The van der Waals surface area contributed by atoms with Crippen LogP contribution < -0.4 is 5.32 Å². The summed E-state index contributed by atoms with van der Waals surface area (Å²) in [5.74, 6) is -0.336. The largest absolute Gasteiger partial charge is 0.321 e. The maximum absolute atomic E-state index is 12.7. The number of pyridine rings is 1. The molecule has 1 saturated heterocycles. The fourth-order valence-corrected chi connectivity index (χ4v) is 4.87. The Bertz CT molecular complexity index is 1110. The Morgan fingerprint density at radius 1 is 0.893 bits per heavy atom. The highest BCUT2D eigenvalue weighted by molar-refractivity contribution is 7.89. The first kappa shape index (κ1) is 18.6. The standard InChI is InChI=1S/C21H21N3O3S/c25-21(20-13-8-16-6-2-3-7-19(16)23-20)22-17-9-11-18(12-10-17)28(26,27)24-14-4-1-5-15-24/h2-3,6-13H,1,4-5,14-15H2,(H,22,25). The third kappa shape index (κ3) is 3.76. The summed E-state index contributed by atoms with van der Waals surface area (Å²) in [6, 6.07) is 17.4. The van der Waals surface area contributed by atoms with E-state index in [1.165, 1.54) is 16.4 Å². The molecule has 0 atom stereocenters. The second kappa shape index (κ2) is 7.69. The zero-order chi connectivity index (χ0) is 19.6. The number of rotatable bonds is 4. The Morgan fingerprint density at radius 2 is 1.61 bits per heavy atom. The molecule has 0 unspecified atom stereocenters. The number of amides is 1. The number of nitrogens with one attached hydrogen (secondary N) is 1. The highest BCUT2D eigenvalue weighted by atomic mass is 32.2. The Morgan fingerprint density at radius 3 is 2.36 bits per heavy atom. The van der Waals surface area contributed by atoms with E-state index in [0.717, 1.165) is 30.2 Å². The van der Waals surface area contributed by atoms with Crippen molar-refractivity contribution in [3.05, 3.63) is 66.4 Å². The maximum atomic E-state index is 12.7. The number of fused-ring (bicyclic) bond motifs is 1. The number of para-hydroxylation sites is 1. The van der Waals surface area contributed by atoms with Crippen LogP contribution in [-0.4, -0.2) is 36.7 Å². The number of aromatic nitrogens is 1. The highest BCUT2D eigenvalue weighted by Gasteiger charge is 2.25. The van der Waals surface area contributed by atoms with Crippen LogP contribution in [0.2, 0.25) is 0 Å². The number of anilines is 1. The van der Waals surface area contributed by atoms with Crippen molar-refractivity contribution in [2.75, 3.05) is 18.4 Å². The fraction of sp³-hybridized carbons (Fsp3) is 0.238. The molecule has 1 fully saturated rings. The van der Waals surface area contributed by atoms with E-state index in [2.05, 4.69) is 10.3 Å². The lowest BCUT2D eigenvalue weighted by Crippen LogP contribution is -2.35. The monoisotopic (exact) mass is 395 g/mol. The zero-order valence-corrected chi connectivity index (χ0v) is 16.2. The van der Waals surface area contributed by atoms with Crippen molar-refractivity contribution in [3.8, 4) is 0 Å². The molecule has 4 rings (SSSR count). The number of carbonyl (C=O) groups excluding carboxylic acids is 1. The van der Waals surface area contributed by atoms with Gasteiger partial charge in [-0.15, -0.1) is 0 Å². The van der Waals surface area contributed by atoms with Gasteiger partial charge in [-0.05, 0) is 49.2 Å². The quantitative estimate of drug-likeness (QED) is 0.731. The van der Waals surface area contributed by atoms with Crippen molar-refractivity contribution in [2.45, 2.75) is 24.2 Å². The molecule has 0 spiro atoms. The molecule has 1 aliphatic rings. The molecule has 0 aliphatic carbocycles. The van der Waals surface area contributed by atoms with Crippen molar-refractivity contribution >= 4 is 32.5 Å². The van der Waals surface area contributed by atoms with Crippen LogP contribution in [0.5, 0.6) is 0 Å². The van der Waals surface area contributed by atoms with Crippen LogP contribution in [0.1, 0.15) is 29.8 Å². The van der Waals surface area contributed by atoms with Crippen molar-refractivity contribution < 1.29 is 13.2 Å². The molecule has 3 aromatic rings. The van der Waals surface area contributed by atoms with Crippen molar-refractivity contribution in [1.29, 1.82) is 0 Å². The lowest BCUT2D eigenvalue weighted by Gasteiger charge is -2.25. The van der Waals surface area contributed by atoms with Gasteiger partial charge in [-0.25, -0.2) is 13.4 Å². The topological polar surface area (TPSA) is 79.4 Å². The molecule has 2 heterocycles. The van der Waals surface area contributed by atoms with Gasteiger partial charge in [0.25, 0.3) is 5.91 Å². The van der Waals surface area contributed by atoms with E-state index in [9.17, 15) is 13.2 Å². The number of hydrogen-bond donors (Lipinski definition) is 1. The van der Waals surface area contributed by atoms with Gasteiger partial charge >= 0.3 is 0 Å². The van der Waals surface area contributed by atoms with Crippen LogP contribution in [0.3, 0.4) is 0 Å². The summed E-state index contributed by atoms with van der Waals surface area (Å²) in [6.07, 6.45) is 2.86. The molecule has 28 heavy (non-hydrogen) atoms. The molecule has 0 saturated carbocycles. The SMILES string of the molecule is O=C(Nc1ccc(S(=O)(=O)N2CCCCC2)cc1)c1ccc2ccccc2n1. The Hall–Kier alpha value is -2.77. The molecule has 6 nitrogen and oxygen atoms in total. The van der Waals surface area contributed by atoms with Gasteiger partial charge in [0, 0.05) is 24.2 Å². The molecular weight excluding hydrogens is 374 g/mol. The minimum absolute atomic E-state index is 0.247. The predicted molar refractivity (Wildman–Crippen MR) is 109 cm³/mol. The third-order valence-electron chi connectivity index (χ3n) is 4.90. The van der Waals surface area contributed by atoms with E-state index in [4.69, 9.17) is 0 Å². The fourth-order valence-electron chi connectivity index (χ4n) is 3.35. The normalized spacial score (nSPS) is 15.4. The Labute approximate surface area is 164 Å². The van der Waals surface area contributed by atoms with Gasteiger partial charge in [-0.1, -0.05) is 30.7 Å². The summed E-state index contributed by atoms with van der Waals surface area (Å²) in [4.78, 5) is 17.1. The van der Waals surface area contributed by atoms with Crippen LogP contribution in [0.25, 0.3) is 10.9 Å². The summed E-state index contributed by atoms with van der Waals surface area (Å²) in [5, 5.41) is 3.74. The summed E-state index contributed by atoms with van der Waals surface area (Å²) >= 11 is 0. The average Bonchev–Trinajstić information content (AvgIpc) is 2.74. The van der Waals surface area contributed by atoms with Gasteiger partial charge in [-0.3, -0.25) is 4.79 Å². The van der Waals surface area contributed by atoms with Crippen LogP contribution >= 0.6 is 0 Å². The second-order valence-corrected chi connectivity index (χ2v) is 8.77. The molecule has 2 aromatic carbocycles. The van der Waals surface area contributed by atoms with E-state index >= 15 is 0 Å². The molecule has 1 N–H and O–H groups in total. The van der Waals surface area contributed by atoms with Crippen LogP contribution in [0, 0.1) is 0 Å². The van der Waals surface area contributed by atoms with Crippen LogP contribution in [0.4, 0.5) is 5.69 Å². The molecule has 0 radical (unpaired) electrons. The van der Waals surface area contributed by atoms with Gasteiger partial charge in [0.05, 0.1) is 10.4 Å². The van der Waals surface area contributed by atoms with Crippen LogP contribution in [0.15, 0.2) is 65.6 Å². The lowest BCUT2D eigenvalue weighted by atomic mass is 10.2. The van der Waals surface area contributed by atoms with Crippen molar-refractivity contribution in [2.24, 2.45) is 0 Å². The number of carbonyl (C=O) groups is 1. The van der Waals surface area contributed by atoms with Gasteiger partial charge < -0.3 is 5.32 Å². The van der Waals surface area contributed by atoms with E-state index < -0.39 is 10.0 Å². The zero-order valence-electron chi connectivity index (χ0n) is 15.3. The number of sulfonamides is 1. The van der Waals surface area contributed by atoms with E-state index in [1.807, 2.05) is 30.3 Å². The van der Waals surface area contributed by atoms with Crippen molar-refractivity contribution in [3.63, 3.8) is 0 Å². The Balaban J connectivity index is 1.49. The van der Waals surface area contributed by atoms with E-state index in [0.29, 0.717) is 24.5 Å². The summed E-state index contributed by atoms with van der Waals surface area (Å²) in [5.41, 5.74) is 1.58. The second-order valence-electron chi connectivity index (χ2n) is 6.83. The van der Waals surface area contributed by atoms with E-state index in [1.54, 1.807) is 18.2 Å². The number of hydrogen-bond acceptors (Lipinski definition) is 4. The molecule has 1 amide bonds.